The normalized spacial score (nSPS) is 10.7. The Morgan fingerprint density at radius 1 is 1.03 bits per heavy atom. The number of methoxy groups -OCH3 is 1. The molecule has 4 rings (SSSR count). The minimum absolute atomic E-state index is 0.160. The molecule has 1 N–H and O–H groups in total. The number of carbonyl (C=O) groups is 1. The van der Waals surface area contributed by atoms with Gasteiger partial charge in [0.15, 0.2) is 0 Å². The zero-order valence-corrected chi connectivity index (χ0v) is 17.8. The molecule has 0 unspecified atom stereocenters. The molecule has 0 bridgehead atoms. The second-order valence-electron chi connectivity index (χ2n) is 6.58. The third-order valence-corrected chi connectivity index (χ3v) is 5.73. The van der Waals surface area contributed by atoms with Crippen LogP contribution in [0.25, 0.3) is 10.9 Å². The predicted molar refractivity (Wildman–Crippen MR) is 121 cm³/mol. The third-order valence-electron chi connectivity index (χ3n) is 4.59. The Bertz CT molecular complexity index is 1210. The highest BCUT2D eigenvalue weighted by molar-refractivity contribution is 7.99. The number of nitrogens with zero attached hydrogens (tertiary/aromatic N) is 1. The second kappa shape index (κ2) is 9.20. The van der Waals surface area contributed by atoms with Crippen molar-refractivity contribution in [3.63, 3.8) is 0 Å². The summed E-state index contributed by atoms with van der Waals surface area (Å²) in [5, 5.41) is 5.21. The Morgan fingerprint density at radius 2 is 1.83 bits per heavy atom. The number of rotatable bonds is 6. The Kier molecular flexibility index (Phi) is 6.21. The number of para-hydroxylation sites is 2. The van der Waals surface area contributed by atoms with E-state index in [0.29, 0.717) is 17.1 Å². The molecule has 0 aliphatic heterocycles. The molecule has 0 aliphatic rings. The van der Waals surface area contributed by atoms with E-state index in [2.05, 4.69) is 5.32 Å². The van der Waals surface area contributed by atoms with Crippen LogP contribution in [0.2, 0.25) is 5.02 Å². The zero-order chi connectivity index (χ0) is 20.9. The molecule has 3 aromatic carbocycles. The molecule has 0 saturated carbocycles. The van der Waals surface area contributed by atoms with Crippen molar-refractivity contribution in [3.05, 3.63) is 95.0 Å². The topological polar surface area (TPSA) is 51.2 Å². The molecule has 1 heterocycles. The quantitative estimate of drug-likeness (QED) is 0.405. The Balaban J connectivity index is 1.64. The standard InChI is InChI=1S/C24H19ClN2O2S/c1-29-22-12-5-2-7-16(22)15-26-24(28)20-14-23(27-21-11-4-3-10-19(20)21)30-18-9-6-8-17(25)13-18/h2-14H,15H2,1H3,(H,26,28). The zero-order valence-electron chi connectivity index (χ0n) is 16.3. The van der Waals surface area contributed by atoms with Gasteiger partial charge in [-0.05, 0) is 36.4 Å². The number of carbonyl (C=O) groups excluding carboxylic acids is 1. The van der Waals surface area contributed by atoms with E-state index in [1.807, 2.05) is 78.9 Å². The first-order valence-corrected chi connectivity index (χ1v) is 10.6. The van der Waals surface area contributed by atoms with Crippen molar-refractivity contribution < 1.29 is 9.53 Å². The lowest BCUT2D eigenvalue weighted by Gasteiger charge is -2.12. The van der Waals surface area contributed by atoms with E-state index in [1.165, 1.54) is 11.8 Å². The van der Waals surface area contributed by atoms with Crippen molar-refractivity contribution in [3.8, 4) is 5.75 Å². The fourth-order valence-corrected chi connectivity index (χ4v) is 4.31. The van der Waals surface area contributed by atoms with E-state index in [0.717, 1.165) is 32.1 Å². The van der Waals surface area contributed by atoms with E-state index in [4.69, 9.17) is 21.3 Å². The number of amides is 1. The van der Waals surface area contributed by atoms with Gasteiger partial charge in [-0.25, -0.2) is 4.98 Å². The molecule has 0 aliphatic carbocycles. The number of pyridine rings is 1. The number of halogens is 1. The van der Waals surface area contributed by atoms with Crippen LogP contribution in [0.3, 0.4) is 0 Å². The maximum Gasteiger partial charge on any atom is 0.252 e. The first-order valence-electron chi connectivity index (χ1n) is 9.37. The van der Waals surface area contributed by atoms with Gasteiger partial charge in [0.25, 0.3) is 5.91 Å². The maximum absolute atomic E-state index is 13.1. The summed E-state index contributed by atoms with van der Waals surface area (Å²) in [6, 6.07) is 24.7. The van der Waals surface area contributed by atoms with Gasteiger partial charge in [-0.15, -0.1) is 0 Å². The van der Waals surface area contributed by atoms with Gasteiger partial charge in [0.1, 0.15) is 10.8 Å². The Hall–Kier alpha value is -3.02. The number of aromatic nitrogens is 1. The molecular weight excluding hydrogens is 416 g/mol. The van der Waals surface area contributed by atoms with Crippen LogP contribution < -0.4 is 10.1 Å². The second-order valence-corrected chi connectivity index (χ2v) is 8.11. The molecule has 0 saturated heterocycles. The van der Waals surface area contributed by atoms with Gasteiger partial charge in [0.05, 0.1) is 18.2 Å². The van der Waals surface area contributed by atoms with Crippen LogP contribution in [0.15, 0.2) is 88.8 Å². The molecule has 0 radical (unpaired) electrons. The molecular formula is C24H19ClN2O2S. The Morgan fingerprint density at radius 3 is 2.67 bits per heavy atom. The number of nitrogens with one attached hydrogen (secondary N) is 1. The van der Waals surface area contributed by atoms with Crippen molar-refractivity contribution in [2.75, 3.05) is 7.11 Å². The van der Waals surface area contributed by atoms with Crippen LogP contribution in [0.5, 0.6) is 5.75 Å². The summed E-state index contributed by atoms with van der Waals surface area (Å²) in [6.45, 7) is 0.371. The van der Waals surface area contributed by atoms with E-state index in [9.17, 15) is 4.79 Å². The van der Waals surface area contributed by atoms with E-state index >= 15 is 0 Å². The summed E-state index contributed by atoms with van der Waals surface area (Å²) in [4.78, 5) is 18.8. The number of hydrogen-bond donors (Lipinski definition) is 1. The summed E-state index contributed by atoms with van der Waals surface area (Å²) in [5.41, 5.74) is 2.27. The highest BCUT2D eigenvalue weighted by Gasteiger charge is 2.14. The number of fused-ring (bicyclic) bond motifs is 1. The highest BCUT2D eigenvalue weighted by Crippen LogP contribution is 2.31. The van der Waals surface area contributed by atoms with Gasteiger partial charge in [-0.2, -0.15) is 0 Å². The Labute approximate surface area is 184 Å². The molecule has 1 amide bonds. The lowest BCUT2D eigenvalue weighted by Crippen LogP contribution is -2.23. The average molecular weight is 435 g/mol. The fourth-order valence-electron chi connectivity index (χ4n) is 3.16. The minimum atomic E-state index is -0.160. The van der Waals surface area contributed by atoms with E-state index in [1.54, 1.807) is 7.11 Å². The van der Waals surface area contributed by atoms with Crippen LogP contribution in [0.1, 0.15) is 15.9 Å². The lowest BCUT2D eigenvalue weighted by atomic mass is 10.1. The molecule has 0 atom stereocenters. The molecule has 4 nitrogen and oxygen atoms in total. The van der Waals surface area contributed by atoms with E-state index in [-0.39, 0.29) is 5.91 Å². The summed E-state index contributed by atoms with van der Waals surface area (Å²) in [7, 11) is 1.62. The summed E-state index contributed by atoms with van der Waals surface area (Å²) in [5.74, 6) is 0.585. The van der Waals surface area contributed by atoms with Gasteiger partial charge >= 0.3 is 0 Å². The molecule has 30 heavy (non-hydrogen) atoms. The monoisotopic (exact) mass is 434 g/mol. The smallest absolute Gasteiger partial charge is 0.252 e. The van der Waals surface area contributed by atoms with Crippen LogP contribution in [0, 0.1) is 0 Å². The summed E-state index contributed by atoms with van der Waals surface area (Å²) in [6.07, 6.45) is 0. The molecule has 150 valence electrons. The SMILES string of the molecule is COc1ccccc1CNC(=O)c1cc(Sc2cccc(Cl)c2)nc2ccccc12. The van der Waals surface area contributed by atoms with E-state index < -0.39 is 0 Å². The first-order chi connectivity index (χ1) is 14.6. The molecule has 0 fully saturated rings. The van der Waals surface area contributed by atoms with Gasteiger partial charge in [-0.3, -0.25) is 4.79 Å². The van der Waals surface area contributed by atoms with Crippen molar-refractivity contribution in [1.29, 1.82) is 0 Å². The number of hydrogen-bond acceptors (Lipinski definition) is 4. The van der Waals surface area contributed by atoms with Crippen molar-refractivity contribution in [1.82, 2.24) is 10.3 Å². The lowest BCUT2D eigenvalue weighted by molar-refractivity contribution is 0.0952. The third kappa shape index (κ3) is 4.58. The van der Waals surface area contributed by atoms with Crippen LogP contribution >= 0.6 is 23.4 Å². The first kappa shape index (κ1) is 20.3. The average Bonchev–Trinajstić information content (AvgIpc) is 2.77. The molecule has 4 aromatic rings. The summed E-state index contributed by atoms with van der Waals surface area (Å²) < 4.78 is 5.37. The largest absolute Gasteiger partial charge is 0.496 e. The van der Waals surface area contributed by atoms with Gasteiger partial charge in [0.2, 0.25) is 0 Å². The fraction of sp³-hybridized carbons (Fsp3) is 0.0833. The minimum Gasteiger partial charge on any atom is -0.496 e. The van der Waals surface area contributed by atoms with Crippen LogP contribution in [-0.2, 0) is 6.54 Å². The number of ether oxygens (including phenoxy) is 1. The van der Waals surface area contributed by atoms with Crippen LogP contribution in [-0.4, -0.2) is 18.0 Å². The number of benzene rings is 3. The summed E-state index contributed by atoms with van der Waals surface area (Å²) >= 11 is 7.58. The van der Waals surface area contributed by atoms with Crippen molar-refractivity contribution in [2.45, 2.75) is 16.5 Å². The maximum atomic E-state index is 13.1. The predicted octanol–water partition coefficient (Wildman–Crippen LogP) is 5.98. The van der Waals surface area contributed by atoms with Gasteiger partial charge in [0, 0.05) is 27.4 Å². The van der Waals surface area contributed by atoms with Crippen molar-refractivity contribution >= 4 is 40.2 Å². The molecule has 0 spiro atoms. The molecule has 6 heteroatoms. The highest BCUT2D eigenvalue weighted by atomic mass is 35.5. The van der Waals surface area contributed by atoms with Gasteiger partial charge < -0.3 is 10.1 Å². The van der Waals surface area contributed by atoms with Crippen LogP contribution in [0.4, 0.5) is 0 Å². The van der Waals surface area contributed by atoms with Crippen molar-refractivity contribution in [2.24, 2.45) is 0 Å². The van der Waals surface area contributed by atoms with Gasteiger partial charge in [-0.1, -0.05) is 65.8 Å². The molecule has 1 aromatic heterocycles.